The van der Waals surface area contributed by atoms with Crippen molar-refractivity contribution in [2.45, 2.75) is 6.43 Å². The Morgan fingerprint density at radius 1 is 1.38 bits per heavy atom. The van der Waals surface area contributed by atoms with Crippen molar-refractivity contribution in [2.24, 2.45) is 0 Å². The highest BCUT2D eigenvalue weighted by atomic mass is 79.9. The molecule has 0 aliphatic rings. The zero-order valence-electron chi connectivity index (χ0n) is 6.23. The standard InChI is InChI=1S/C8H4BrF3O/c9-7-4(3-13)1-2-5(10)6(7)8(11)12/h1-3,8H. The van der Waals surface area contributed by atoms with Gasteiger partial charge in [-0.3, -0.25) is 4.79 Å². The highest BCUT2D eigenvalue weighted by molar-refractivity contribution is 9.10. The number of carbonyl (C=O) groups excluding carboxylic acids is 1. The summed E-state index contributed by atoms with van der Waals surface area (Å²) in [6.45, 7) is 0. The van der Waals surface area contributed by atoms with E-state index in [1.807, 2.05) is 0 Å². The molecule has 0 N–H and O–H groups in total. The molecule has 0 aliphatic carbocycles. The van der Waals surface area contributed by atoms with Gasteiger partial charge in [0.25, 0.3) is 6.43 Å². The molecule has 0 bridgehead atoms. The average Bonchev–Trinajstić information content (AvgIpc) is 2.04. The lowest BCUT2D eigenvalue weighted by Gasteiger charge is -2.05. The molecule has 0 spiro atoms. The van der Waals surface area contributed by atoms with Crippen LogP contribution in [0.1, 0.15) is 22.3 Å². The monoisotopic (exact) mass is 252 g/mol. The molecule has 0 radical (unpaired) electrons. The molecule has 0 aliphatic heterocycles. The maximum atomic E-state index is 12.8. The van der Waals surface area contributed by atoms with Crippen LogP contribution >= 0.6 is 15.9 Å². The predicted molar refractivity (Wildman–Crippen MR) is 44.4 cm³/mol. The van der Waals surface area contributed by atoms with E-state index >= 15 is 0 Å². The van der Waals surface area contributed by atoms with Crippen molar-refractivity contribution in [3.05, 3.63) is 33.5 Å². The summed E-state index contributed by atoms with van der Waals surface area (Å²) in [5, 5.41) is 0. The quantitative estimate of drug-likeness (QED) is 0.738. The summed E-state index contributed by atoms with van der Waals surface area (Å²) in [5.74, 6) is -1.02. The zero-order chi connectivity index (χ0) is 10.0. The lowest BCUT2D eigenvalue weighted by atomic mass is 10.1. The van der Waals surface area contributed by atoms with Gasteiger partial charge in [0, 0.05) is 10.0 Å². The molecule has 13 heavy (non-hydrogen) atoms. The lowest BCUT2D eigenvalue weighted by Crippen LogP contribution is -1.96. The number of carbonyl (C=O) groups is 1. The molecule has 0 saturated heterocycles. The van der Waals surface area contributed by atoms with E-state index in [0.29, 0.717) is 6.29 Å². The normalized spacial score (nSPS) is 10.5. The van der Waals surface area contributed by atoms with Crippen molar-refractivity contribution in [1.29, 1.82) is 0 Å². The summed E-state index contributed by atoms with van der Waals surface area (Å²) in [4.78, 5) is 10.3. The van der Waals surface area contributed by atoms with Crippen molar-refractivity contribution in [3.8, 4) is 0 Å². The third kappa shape index (κ3) is 1.91. The Morgan fingerprint density at radius 2 is 2.00 bits per heavy atom. The van der Waals surface area contributed by atoms with Crippen LogP contribution < -0.4 is 0 Å². The third-order valence-electron chi connectivity index (χ3n) is 1.50. The van der Waals surface area contributed by atoms with Gasteiger partial charge in [-0.05, 0) is 28.1 Å². The summed E-state index contributed by atoms with van der Waals surface area (Å²) in [6, 6.07) is 1.98. The molecule has 1 aromatic carbocycles. The Morgan fingerprint density at radius 3 is 2.46 bits per heavy atom. The summed E-state index contributed by atoms with van der Waals surface area (Å²) in [6.07, 6.45) is -2.55. The van der Waals surface area contributed by atoms with Crippen LogP contribution in [0, 0.1) is 5.82 Å². The largest absolute Gasteiger partial charge is 0.298 e. The van der Waals surface area contributed by atoms with Crippen molar-refractivity contribution in [3.63, 3.8) is 0 Å². The third-order valence-corrected chi connectivity index (χ3v) is 2.39. The molecule has 0 amide bonds. The summed E-state index contributed by atoms with van der Waals surface area (Å²) < 4.78 is 37.0. The molecule has 1 nitrogen and oxygen atoms in total. The van der Waals surface area contributed by atoms with E-state index in [4.69, 9.17) is 0 Å². The first kappa shape index (κ1) is 10.2. The molecular formula is C8H4BrF3O. The molecule has 70 valence electrons. The second-order valence-corrected chi connectivity index (χ2v) is 3.08. The minimum Gasteiger partial charge on any atom is -0.298 e. The highest BCUT2D eigenvalue weighted by Crippen LogP contribution is 2.31. The predicted octanol–water partition coefficient (Wildman–Crippen LogP) is 3.34. The van der Waals surface area contributed by atoms with Crippen LogP contribution in [0.4, 0.5) is 13.2 Å². The van der Waals surface area contributed by atoms with Gasteiger partial charge in [-0.25, -0.2) is 13.2 Å². The molecule has 1 aromatic rings. The number of hydrogen-bond acceptors (Lipinski definition) is 1. The van der Waals surface area contributed by atoms with Crippen LogP contribution in [0.15, 0.2) is 16.6 Å². The van der Waals surface area contributed by atoms with Crippen molar-refractivity contribution in [1.82, 2.24) is 0 Å². The number of aldehydes is 1. The van der Waals surface area contributed by atoms with Crippen LogP contribution in [-0.2, 0) is 0 Å². The zero-order valence-corrected chi connectivity index (χ0v) is 7.82. The number of hydrogen-bond donors (Lipinski definition) is 0. The van der Waals surface area contributed by atoms with Crippen molar-refractivity contribution in [2.75, 3.05) is 0 Å². The van der Waals surface area contributed by atoms with E-state index in [0.717, 1.165) is 12.1 Å². The topological polar surface area (TPSA) is 17.1 Å². The summed E-state index contributed by atoms with van der Waals surface area (Å²) in [7, 11) is 0. The number of rotatable bonds is 2. The SMILES string of the molecule is O=Cc1ccc(F)c(C(F)F)c1Br. The Kier molecular flexibility index (Phi) is 3.08. The maximum Gasteiger partial charge on any atom is 0.267 e. The van der Waals surface area contributed by atoms with Gasteiger partial charge < -0.3 is 0 Å². The van der Waals surface area contributed by atoms with E-state index < -0.39 is 17.8 Å². The van der Waals surface area contributed by atoms with Gasteiger partial charge in [0.2, 0.25) is 0 Å². The smallest absolute Gasteiger partial charge is 0.267 e. The molecule has 0 unspecified atom stereocenters. The van der Waals surface area contributed by atoms with Gasteiger partial charge in [-0.1, -0.05) is 0 Å². The van der Waals surface area contributed by atoms with Crippen LogP contribution in [0.2, 0.25) is 0 Å². The maximum absolute atomic E-state index is 12.8. The lowest BCUT2D eigenvalue weighted by molar-refractivity contribution is 0.112. The first-order valence-corrected chi connectivity index (χ1v) is 4.08. The van der Waals surface area contributed by atoms with Gasteiger partial charge >= 0.3 is 0 Å². The van der Waals surface area contributed by atoms with E-state index in [-0.39, 0.29) is 10.0 Å². The first-order valence-electron chi connectivity index (χ1n) is 3.29. The second kappa shape index (κ2) is 3.91. The fraction of sp³-hybridized carbons (Fsp3) is 0.125. The molecule has 1 rings (SSSR count). The molecule has 0 saturated carbocycles. The Bertz CT molecular complexity index is 338. The minimum atomic E-state index is -2.94. The Labute approximate surface area is 80.7 Å². The highest BCUT2D eigenvalue weighted by Gasteiger charge is 2.19. The van der Waals surface area contributed by atoms with E-state index in [1.165, 1.54) is 0 Å². The van der Waals surface area contributed by atoms with E-state index in [9.17, 15) is 18.0 Å². The van der Waals surface area contributed by atoms with Gasteiger partial charge in [-0.2, -0.15) is 0 Å². The van der Waals surface area contributed by atoms with Gasteiger partial charge in [0.05, 0.1) is 5.56 Å². The Hall–Kier alpha value is -0.840. The van der Waals surface area contributed by atoms with E-state index in [2.05, 4.69) is 15.9 Å². The van der Waals surface area contributed by atoms with Gasteiger partial charge in [0.15, 0.2) is 6.29 Å². The molecule has 0 heterocycles. The summed E-state index contributed by atoms with van der Waals surface area (Å²) in [5.41, 5.74) is -0.763. The molecule has 5 heteroatoms. The van der Waals surface area contributed by atoms with Gasteiger partial charge in [-0.15, -0.1) is 0 Å². The van der Waals surface area contributed by atoms with Crippen LogP contribution in [0.5, 0.6) is 0 Å². The summed E-state index contributed by atoms with van der Waals surface area (Å²) >= 11 is 2.74. The van der Waals surface area contributed by atoms with Crippen LogP contribution in [0.3, 0.4) is 0 Å². The fourth-order valence-electron chi connectivity index (χ4n) is 0.877. The minimum absolute atomic E-state index is 0.0108. The first-order chi connectivity index (χ1) is 6.07. The van der Waals surface area contributed by atoms with Crippen LogP contribution in [0.25, 0.3) is 0 Å². The Balaban J connectivity index is 3.38. The molecule has 0 aromatic heterocycles. The molecule has 0 atom stereocenters. The molecule has 0 fully saturated rings. The van der Waals surface area contributed by atoms with Crippen molar-refractivity contribution >= 4 is 22.2 Å². The van der Waals surface area contributed by atoms with E-state index in [1.54, 1.807) is 0 Å². The number of benzene rings is 1. The van der Waals surface area contributed by atoms with Crippen molar-refractivity contribution < 1.29 is 18.0 Å². The van der Waals surface area contributed by atoms with Gasteiger partial charge in [0.1, 0.15) is 5.82 Å². The fourth-order valence-corrected chi connectivity index (χ4v) is 1.47. The number of alkyl halides is 2. The molecular weight excluding hydrogens is 249 g/mol. The second-order valence-electron chi connectivity index (χ2n) is 2.28. The van der Waals surface area contributed by atoms with Crippen LogP contribution in [-0.4, -0.2) is 6.29 Å². The number of halogens is 4. The average molecular weight is 253 g/mol.